The van der Waals surface area contributed by atoms with Gasteiger partial charge >= 0.3 is 0 Å². The topological polar surface area (TPSA) is 80.2 Å². The number of carbonyl (C=O) groups excluding carboxylic acids is 1. The Morgan fingerprint density at radius 3 is 3.12 bits per heavy atom. The first kappa shape index (κ1) is 17.7. The van der Waals surface area contributed by atoms with Crippen LogP contribution in [0.2, 0.25) is 0 Å². The molecule has 3 heterocycles. The van der Waals surface area contributed by atoms with E-state index in [2.05, 4.69) is 25.2 Å². The second-order valence-electron chi connectivity index (χ2n) is 5.90. The fraction of sp³-hybridized carbons (Fsp3) is 0.500. The number of rotatable bonds is 6. The molecule has 0 radical (unpaired) electrons. The fourth-order valence-corrected chi connectivity index (χ4v) is 3.50. The van der Waals surface area contributed by atoms with Crippen molar-refractivity contribution in [1.29, 1.82) is 0 Å². The monoisotopic (exact) mass is 365 g/mol. The summed E-state index contributed by atoms with van der Waals surface area (Å²) in [7, 11) is 0. The van der Waals surface area contributed by atoms with Crippen molar-refractivity contribution in [3.8, 4) is 5.88 Å². The Hall–Kier alpha value is -2.13. The minimum atomic E-state index is -0.521. The minimum Gasteiger partial charge on any atom is -0.473 e. The molecule has 3 rings (SSSR count). The zero-order chi connectivity index (χ0) is 17.8. The zero-order valence-electron chi connectivity index (χ0n) is 14.2. The van der Waals surface area contributed by atoms with E-state index in [1.165, 1.54) is 17.7 Å². The van der Waals surface area contributed by atoms with Crippen LogP contribution in [0.25, 0.3) is 0 Å². The van der Waals surface area contributed by atoms with Gasteiger partial charge in [0.1, 0.15) is 12.4 Å². The highest BCUT2D eigenvalue weighted by Gasteiger charge is 2.26. The summed E-state index contributed by atoms with van der Waals surface area (Å²) in [6.07, 6.45) is 2.69. The van der Waals surface area contributed by atoms with E-state index >= 15 is 0 Å². The summed E-state index contributed by atoms with van der Waals surface area (Å²) < 4.78 is 19.9. The maximum atomic E-state index is 14.0. The number of nitrogens with zero attached hydrogens (tertiary/aromatic N) is 4. The van der Waals surface area contributed by atoms with Crippen molar-refractivity contribution in [2.45, 2.75) is 39.3 Å². The molecule has 1 amide bonds. The van der Waals surface area contributed by atoms with Gasteiger partial charge in [-0.25, -0.2) is 9.97 Å². The van der Waals surface area contributed by atoms with Crippen LogP contribution in [-0.4, -0.2) is 45.0 Å². The second-order valence-corrected chi connectivity index (χ2v) is 6.98. The molecule has 7 nitrogen and oxygen atoms in total. The lowest BCUT2D eigenvalue weighted by molar-refractivity contribution is -0.115. The Balaban J connectivity index is 1.55. The molecule has 0 aliphatic carbocycles. The number of aryl methyl sites for hydroxylation is 1. The van der Waals surface area contributed by atoms with Gasteiger partial charge in [0.2, 0.25) is 17.7 Å². The molecule has 2 aromatic rings. The average molecular weight is 365 g/mol. The first-order valence-electron chi connectivity index (χ1n) is 8.16. The van der Waals surface area contributed by atoms with E-state index in [0.717, 1.165) is 18.7 Å². The highest BCUT2D eigenvalue weighted by Crippen LogP contribution is 2.26. The van der Waals surface area contributed by atoms with Crippen LogP contribution in [0.3, 0.4) is 0 Å². The lowest BCUT2D eigenvalue weighted by Gasteiger charge is -2.15. The SMILES string of the molecule is CCC(=O)Nc1nc(F)c(CN2CC[C@@H](Oc3cc(C)ncn3)C2)s1. The molecule has 2 aromatic heterocycles. The van der Waals surface area contributed by atoms with Gasteiger partial charge in [0.25, 0.3) is 0 Å². The number of halogens is 1. The Labute approximate surface area is 149 Å². The van der Waals surface area contributed by atoms with Crippen molar-refractivity contribution in [2.75, 3.05) is 18.4 Å². The zero-order valence-corrected chi connectivity index (χ0v) is 15.0. The van der Waals surface area contributed by atoms with Gasteiger partial charge in [0.05, 0.1) is 4.88 Å². The van der Waals surface area contributed by atoms with Crippen LogP contribution in [0.5, 0.6) is 5.88 Å². The molecule has 0 aromatic carbocycles. The van der Waals surface area contributed by atoms with Crippen molar-refractivity contribution in [1.82, 2.24) is 19.9 Å². The summed E-state index contributed by atoms with van der Waals surface area (Å²) in [6.45, 7) is 5.58. The van der Waals surface area contributed by atoms with Crippen molar-refractivity contribution in [3.05, 3.63) is 28.9 Å². The summed E-state index contributed by atoms with van der Waals surface area (Å²) in [5.74, 6) is -0.129. The highest BCUT2D eigenvalue weighted by atomic mass is 32.1. The number of amides is 1. The molecule has 134 valence electrons. The van der Waals surface area contributed by atoms with Crippen molar-refractivity contribution >= 4 is 22.4 Å². The molecule has 1 aliphatic heterocycles. The van der Waals surface area contributed by atoms with Gasteiger partial charge in [-0.3, -0.25) is 9.69 Å². The summed E-state index contributed by atoms with van der Waals surface area (Å²) >= 11 is 1.18. The van der Waals surface area contributed by atoms with E-state index in [1.807, 2.05) is 6.92 Å². The number of hydrogen-bond acceptors (Lipinski definition) is 7. The summed E-state index contributed by atoms with van der Waals surface area (Å²) in [5, 5.41) is 2.90. The third-order valence-electron chi connectivity index (χ3n) is 3.88. The second kappa shape index (κ2) is 7.83. The predicted octanol–water partition coefficient (Wildman–Crippen LogP) is 2.38. The van der Waals surface area contributed by atoms with Crippen LogP contribution in [0.4, 0.5) is 9.52 Å². The normalized spacial score (nSPS) is 17.6. The minimum absolute atomic E-state index is 0.0181. The number of carbonyl (C=O) groups is 1. The van der Waals surface area contributed by atoms with Gasteiger partial charge in [0, 0.05) is 37.8 Å². The van der Waals surface area contributed by atoms with Crippen molar-refractivity contribution < 1.29 is 13.9 Å². The van der Waals surface area contributed by atoms with Crippen LogP contribution in [0.15, 0.2) is 12.4 Å². The molecule has 0 saturated carbocycles. The third kappa shape index (κ3) is 4.70. The first-order valence-corrected chi connectivity index (χ1v) is 8.98. The van der Waals surface area contributed by atoms with Crippen LogP contribution in [0.1, 0.15) is 30.3 Å². The van der Waals surface area contributed by atoms with Crippen LogP contribution >= 0.6 is 11.3 Å². The van der Waals surface area contributed by atoms with Crippen LogP contribution in [0, 0.1) is 12.9 Å². The number of nitrogens with one attached hydrogen (secondary N) is 1. The van der Waals surface area contributed by atoms with Crippen molar-refractivity contribution in [2.24, 2.45) is 0 Å². The number of thiazole rings is 1. The number of hydrogen-bond donors (Lipinski definition) is 1. The van der Waals surface area contributed by atoms with Gasteiger partial charge in [-0.05, 0) is 13.3 Å². The van der Waals surface area contributed by atoms with E-state index in [4.69, 9.17) is 4.74 Å². The number of anilines is 1. The number of ether oxygens (including phenoxy) is 1. The molecule has 0 unspecified atom stereocenters. The molecule has 0 bridgehead atoms. The van der Waals surface area contributed by atoms with E-state index in [9.17, 15) is 9.18 Å². The van der Waals surface area contributed by atoms with Crippen molar-refractivity contribution in [3.63, 3.8) is 0 Å². The van der Waals surface area contributed by atoms with Gasteiger partial charge in [-0.1, -0.05) is 18.3 Å². The average Bonchev–Trinajstić information content (AvgIpc) is 3.14. The molecule has 0 spiro atoms. The Morgan fingerprint density at radius 2 is 2.36 bits per heavy atom. The lowest BCUT2D eigenvalue weighted by Crippen LogP contribution is -2.24. The van der Waals surface area contributed by atoms with Crippen LogP contribution in [-0.2, 0) is 11.3 Å². The molecule has 1 saturated heterocycles. The van der Waals surface area contributed by atoms with Gasteiger partial charge < -0.3 is 10.1 Å². The highest BCUT2D eigenvalue weighted by molar-refractivity contribution is 7.15. The summed E-state index contributed by atoms with van der Waals surface area (Å²) in [4.78, 5) is 25.9. The molecular weight excluding hydrogens is 345 g/mol. The molecule has 1 atom stereocenters. The molecule has 1 N–H and O–H groups in total. The quantitative estimate of drug-likeness (QED) is 0.847. The Bertz CT molecular complexity index is 754. The molecule has 1 fully saturated rings. The first-order chi connectivity index (χ1) is 12.0. The van der Waals surface area contributed by atoms with E-state index in [-0.39, 0.29) is 12.0 Å². The summed E-state index contributed by atoms with van der Waals surface area (Å²) in [5.41, 5.74) is 0.855. The van der Waals surface area contributed by atoms with Gasteiger partial charge in [-0.2, -0.15) is 9.37 Å². The Morgan fingerprint density at radius 1 is 1.52 bits per heavy atom. The molecule has 9 heteroatoms. The fourth-order valence-electron chi connectivity index (χ4n) is 2.60. The van der Waals surface area contributed by atoms with Crippen LogP contribution < -0.4 is 10.1 Å². The number of likely N-dealkylation sites (tertiary alicyclic amines) is 1. The van der Waals surface area contributed by atoms with Gasteiger partial charge in [-0.15, -0.1) is 0 Å². The Kier molecular flexibility index (Phi) is 5.54. The lowest BCUT2D eigenvalue weighted by atomic mass is 10.3. The van der Waals surface area contributed by atoms with Gasteiger partial charge in [0.15, 0.2) is 5.13 Å². The smallest absolute Gasteiger partial charge is 0.230 e. The summed E-state index contributed by atoms with van der Waals surface area (Å²) in [6, 6.07) is 1.80. The standard InChI is InChI=1S/C16H20FN5O2S/c1-3-13(23)20-16-21-15(17)12(25-16)8-22-5-4-11(7-22)24-14-6-10(2)18-9-19-14/h6,9,11H,3-5,7-8H2,1-2H3,(H,20,21,23)/t11-/m1/s1. The molecule has 25 heavy (non-hydrogen) atoms. The number of aromatic nitrogens is 3. The largest absolute Gasteiger partial charge is 0.473 e. The maximum Gasteiger partial charge on any atom is 0.230 e. The van der Waals surface area contributed by atoms with E-state index in [0.29, 0.717) is 35.4 Å². The predicted molar refractivity (Wildman–Crippen MR) is 92.1 cm³/mol. The maximum absolute atomic E-state index is 14.0. The van der Waals surface area contributed by atoms with E-state index < -0.39 is 5.95 Å². The van der Waals surface area contributed by atoms with E-state index in [1.54, 1.807) is 13.0 Å². The molecular formula is C16H20FN5O2S. The molecule has 1 aliphatic rings. The third-order valence-corrected chi connectivity index (χ3v) is 4.81.